The van der Waals surface area contributed by atoms with Crippen LogP contribution in [-0.4, -0.2) is 46.0 Å². The van der Waals surface area contributed by atoms with E-state index in [-0.39, 0.29) is 11.9 Å². The van der Waals surface area contributed by atoms with Crippen molar-refractivity contribution in [1.29, 1.82) is 0 Å². The van der Waals surface area contributed by atoms with E-state index in [1.807, 2.05) is 24.3 Å². The van der Waals surface area contributed by atoms with Gasteiger partial charge in [0.05, 0.1) is 24.9 Å². The van der Waals surface area contributed by atoms with E-state index in [0.29, 0.717) is 30.0 Å². The summed E-state index contributed by atoms with van der Waals surface area (Å²) in [6.45, 7) is 4.11. The van der Waals surface area contributed by atoms with Crippen LogP contribution >= 0.6 is 0 Å². The third-order valence-corrected chi connectivity index (χ3v) is 5.30. The van der Waals surface area contributed by atoms with Crippen molar-refractivity contribution in [3.63, 3.8) is 0 Å². The van der Waals surface area contributed by atoms with Crippen molar-refractivity contribution in [3.8, 4) is 22.5 Å². The molecule has 1 aliphatic rings. The van der Waals surface area contributed by atoms with Gasteiger partial charge in [-0.1, -0.05) is 18.2 Å². The number of hydrogen-bond donors (Lipinski definition) is 1. The van der Waals surface area contributed by atoms with Crippen molar-refractivity contribution < 1.29 is 9.13 Å². The quantitative estimate of drug-likeness (QED) is 0.573. The van der Waals surface area contributed by atoms with Crippen LogP contribution in [0, 0.1) is 5.82 Å². The van der Waals surface area contributed by atoms with Gasteiger partial charge in [-0.15, -0.1) is 0 Å². The number of ether oxygens (including phenoxy) is 1. The highest BCUT2D eigenvalue weighted by molar-refractivity contribution is 6.01. The molecule has 1 fully saturated rings. The predicted molar refractivity (Wildman–Crippen MR) is 110 cm³/mol. The zero-order chi connectivity index (χ0) is 19.8. The molecule has 3 aromatic heterocycles. The number of aromatic amines is 1. The Morgan fingerprint density at radius 1 is 1.14 bits per heavy atom. The fourth-order valence-electron chi connectivity index (χ4n) is 3.84. The largest absolute Gasteiger partial charge is 0.377 e. The van der Waals surface area contributed by atoms with Crippen molar-refractivity contribution in [2.45, 2.75) is 13.0 Å². The predicted octanol–water partition coefficient (Wildman–Crippen LogP) is 4.05. The molecular weight excluding hydrogens is 369 g/mol. The molecule has 0 spiro atoms. The summed E-state index contributed by atoms with van der Waals surface area (Å²) >= 11 is 0. The number of hydrogen-bond acceptors (Lipinski definition) is 5. The van der Waals surface area contributed by atoms with Gasteiger partial charge in [0.25, 0.3) is 0 Å². The van der Waals surface area contributed by atoms with Crippen LogP contribution < -0.4 is 4.90 Å². The van der Waals surface area contributed by atoms with E-state index in [1.54, 1.807) is 24.5 Å². The van der Waals surface area contributed by atoms with Gasteiger partial charge >= 0.3 is 0 Å². The molecule has 1 aliphatic heterocycles. The summed E-state index contributed by atoms with van der Waals surface area (Å²) < 4.78 is 20.3. The Morgan fingerprint density at radius 2 is 2.03 bits per heavy atom. The molecule has 1 aromatic carbocycles. The summed E-state index contributed by atoms with van der Waals surface area (Å²) in [4.78, 5) is 11.7. The Morgan fingerprint density at radius 3 is 2.83 bits per heavy atom. The Balaban J connectivity index is 1.80. The summed E-state index contributed by atoms with van der Waals surface area (Å²) in [5.41, 5.74) is 3.52. The number of H-pyrrole nitrogens is 1. The number of rotatable bonds is 3. The summed E-state index contributed by atoms with van der Waals surface area (Å²) in [6, 6.07) is 12.7. The zero-order valence-corrected chi connectivity index (χ0v) is 16.0. The maximum atomic E-state index is 14.7. The molecule has 4 aromatic rings. The van der Waals surface area contributed by atoms with Crippen molar-refractivity contribution >= 4 is 16.7 Å². The molecule has 4 heterocycles. The molecule has 0 aliphatic carbocycles. The van der Waals surface area contributed by atoms with Crippen LogP contribution in [0.3, 0.4) is 0 Å². The van der Waals surface area contributed by atoms with Crippen LogP contribution in [0.4, 0.5) is 10.2 Å². The number of halogens is 1. The monoisotopic (exact) mass is 389 g/mol. The van der Waals surface area contributed by atoms with Crippen LogP contribution in [0.2, 0.25) is 0 Å². The van der Waals surface area contributed by atoms with Crippen LogP contribution in [0.15, 0.2) is 54.9 Å². The Kier molecular flexibility index (Phi) is 4.44. The zero-order valence-electron chi connectivity index (χ0n) is 16.0. The van der Waals surface area contributed by atoms with Crippen LogP contribution in [0.5, 0.6) is 0 Å². The molecule has 7 heteroatoms. The summed E-state index contributed by atoms with van der Waals surface area (Å²) in [5.74, 6) is 0.529. The Hall–Kier alpha value is -3.32. The summed E-state index contributed by atoms with van der Waals surface area (Å²) in [6.07, 6.45) is 3.41. The number of nitrogens with one attached hydrogen (secondary N) is 1. The van der Waals surface area contributed by atoms with E-state index < -0.39 is 0 Å². The molecule has 1 N–H and O–H groups in total. The molecule has 0 unspecified atom stereocenters. The van der Waals surface area contributed by atoms with E-state index in [0.717, 1.165) is 29.0 Å². The van der Waals surface area contributed by atoms with Crippen LogP contribution in [0.25, 0.3) is 33.4 Å². The topological polar surface area (TPSA) is 66.9 Å². The average Bonchev–Trinajstić information content (AvgIpc) is 3.28. The Bertz CT molecular complexity index is 1160. The highest BCUT2D eigenvalue weighted by Crippen LogP contribution is 2.36. The highest BCUT2D eigenvalue weighted by Gasteiger charge is 2.23. The third-order valence-electron chi connectivity index (χ3n) is 5.30. The maximum absolute atomic E-state index is 14.7. The second-order valence-corrected chi connectivity index (χ2v) is 7.15. The maximum Gasteiger partial charge on any atom is 0.131 e. The highest BCUT2D eigenvalue weighted by atomic mass is 19.1. The molecule has 1 atom stereocenters. The number of morpholine rings is 1. The minimum atomic E-state index is -0.263. The van der Waals surface area contributed by atoms with Gasteiger partial charge in [-0.2, -0.15) is 5.10 Å². The molecule has 0 amide bonds. The van der Waals surface area contributed by atoms with Gasteiger partial charge in [-0.25, -0.2) is 9.37 Å². The Labute approximate surface area is 167 Å². The standard InChI is InChI=1S/C22H20FN5O/c1-14-13-29-11-10-28(14)20-12-17(15-4-2-3-5-18(15)23)16-6-8-24-22(21(16)26-20)19-7-9-25-27-19/h2-9,12,14H,10-11,13H2,1H3,(H,25,27)/t14-/m1/s1. The van der Waals surface area contributed by atoms with Crippen molar-refractivity contribution in [3.05, 3.63) is 60.7 Å². The number of aromatic nitrogens is 4. The number of pyridine rings is 2. The smallest absolute Gasteiger partial charge is 0.131 e. The number of anilines is 1. The minimum absolute atomic E-state index is 0.175. The lowest BCUT2D eigenvalue weighted by Crippen LogP contribution is -2.44. The van der Waals surface area contributed by atoms with E-state index >= 15 is 0 Å². The van der Waals surface area contributed by atoms with Gasteiger partial charge in [0, 0.05) is 29.9 Å². The van der Waals surface area contributed by atoms with Gasteiger partial charge in [0.2, 0.25) is 0 Å². The SMILES string of the molecule is C[C@@H]1COCCN1c1cc(-c2ccccc2F)c2ccnc(-c3ccn[nH]3)c2n1. The second kappa shape index (κ2) is 7.25. The number of benzene rings is 1. The second-order valence-electron chi connectivity index (χ2n) is 7.15. The number of nitrogens with zero attached hydrogens (tertiary/aromatic N) is 4. The van der Waals surface area contributed by atoms with Crippen molar-refractivity contribution in [1.82, 2.24) is 20.2 Å². The molecule has 6 nitrogen and oxygen atoms in total. The van der Waals surface area contributed by atoms with Gasteiger partial charge in [-0.3, -0.25) is 10.1 Å². The first kappa shape index (κ1) is 17.8. The fraction of sp³-hybridized carbons (Fsp3) is 0.227. The summed E-state index contributed by atoms with van der Waals surface area (Å²) in [7, 11) is 0. The molecule has 0 radical (unpaired) electrons. The molecule has 5 rings (SSSR count). The third kappa shape index (κ3) is 3.13. The fourth-order valence-corrected chi connectivity index (χ4v) is 3.84. The number of fused-ring (bicyclic) bond motifs is 1. The summed E-state index contributed by atoms with van der Waals surface area (Å²) in [5, 5.41) is 7.86. The lowest BCUT2D eigenvalue weighted by Gasteiger charge is -2.34. The first-order chi connectivity index (χ1) is 14.2. The molecule has 29 heavy (non-hydrogen) atoms. The van der Waals surface area contributed by atoms with Gasteiger partial charge in [0.15, 0.2) is 0 Å². The van der Waals surface area contributed by atoms with Crippen molar-refractivity contribution in [2.24, 2.45) is 0 Å². The molecular formula is C22H20FN5O. The first-order valence-electron chi connectivity index (χ1n) is 9.61. The lowest BCUT2D eigenvalue weighted by molar-refractivity contribution is 0.0986. The van der Waals surface area contributed by atoms with E-state index in [4.69, 9.17) is 9.72 Å². The molecule has 0 saturated carbocycles. The lowest BCUT2D eigenvalue weighted by atomic mass is 9.99. The van der Waals surface area contributed by atoms with E-state index in [2.05, 4.69) is 27.0 Å². The molecule has 1 saturated heterocycles. The molecule has 0 bridgehead atoms. The minimum Gasteiger partial charge on any atom is -0.377 e. The van der Waals surface area contributed by atoms with E-state index in [1.165, 1.54) is 6.07 Å². The average molecular weight is 389 g/mol. The van der Waals surface area contributed by atoms with Gasteiger partial charge < -0.3 is 9.64 Å². The van der Waals surface area contributed by atoms with Crippen molar-refractivity contribution in [2.75, 3.05) is 24.7 Å². The first-order valence-corrected chi connectivity index (χ1v) is 9.61. The van der Waals surface area contributed by atoms with Gasteiger partial charge in [-0.05, 0) is 36.8 Å². The van der Waals surface area contributed by atoms with Gasteiger partial charge in [0.1, 0.15) is 22.8 Å². The van der Waals surface area contributed by atoms with E-state index in [9.17, 15) is 4.39 Å². The molecule has 146 valence electrons. The van der Waals surface area contributed by atoms with Crippen LogP contribution in [-0.2, 0) is 4.74 Å². The van der Waals surface area contributed by atoms with Crippen LogP contribution in [0.1, 0.15) is 6.92 Å². The normalized spacial score (nSPS) is 17.0.